The molecule has 0 fully saturated rings. The summed E-state index contributed by atoms with van der Waals surface area (Å²) < 4.78 is 4.99. The Hall–Kier alpha value is -1.13. The summed E-state index contributed by atoms with van der Waals surface area (Å²) in [4.78, 5) is 7.52. The third-order valence-corrected chi connectivity index (χ3v) is 2.60. The van der Waals surface area contributed by atoms with Gasteiger partial charge in [-0.15, -0.1) is 11.3 Å². The maximum Gasteiger partial charge on any atom is 0.140 e. The van der Waals surface area contributed by atoms with Crippen molar-refractivity contribution in [3.05, 3.63) is 29.4 Å². The van der Waals surface area contributed by atoms with Crippen molar-refractivity contribution < 1.29 is 4.74 Å². The van der Waals surface area contributed by atoms with Gasteiger partial charge in [0.2, 0.25) is 0 Å². The lowest BCUT2D eigenvalue weighted by Crippen LogP contribution is -1.86. The van der Waals surface area contributed by atoms with Crippen LogP contribution >= 0.6 is 11.3 Å². The summed E-state index contributed by atoms with van der Waals surface area (Å²) in [6.07, 6.45) is 1.90. The zero-order chi connectivity index (χ0) is 9.10. The van der Waals surface area contributed by atoms with Crippen LogP contribution in [0.5, 0.6) is 0 Å². The fraction of sp³-hybridized carbons (Fsp3) is 0.222. The Kier molecular flexibility index (Phi) is 2.42. The van der Waals surface area contributed by atoms with Gasteiger partial charge in [-0.2, -0.15) is 0 Å². The van der Waals surface area contributed by atoms with Crippen LogP contribution in [0.4, 0.5) is 0 Å². The number of ether oxygens (including phenoxy) is 1. The molecule has 3 nitrogen and oxygen atoms in total. The van der Waals surface area contributed by atoms with Gasteiger partial charge < -0.3 is 9.72 Å². The third kappa shape index (κ3) is 1.79. The highest BCUT2D eigenvalue weighted by atomic mass is 32.1. The van der Waals surface area contributed by atoms with Gasteiger partial charge in [0.1, 0.15) is 5.01 Å². The molecule has 13 heavy (non-hydrogen) atoms. The standard InChI is InChI=1S/C9H10N2OS/c1-12-5-7-6-13-9(11-7)8-3-2-4-10-8/h2-4,6,10H,5H2,1H3. The van der Waals surface area contributed by atoms with Crippen LogP contribution < -0.4 is 0 Å². The fourth-order valence-electron chi connectivity index (χ4n) is 1.11. The molecule has 2 aromatic rings. The van der Waals surface area contributed by atoms with Crippen molar-refractivity contribution in [2.45, 2.75) is 6.61 Å². The minimum Gasteiger partial charge on any atom is -0.378 e. The molecule has 0 aliphatic rings. The van der Waals surface area contributed by atoms with Crippen LogP contribution in [0, 0.1) is 0 Å². The Morgan fingerprint density at radius 3 is 3.23 bits per heavy atom. The van der Waals surface area contributed by atoms with Gasteiger partial charge in [0.25, 0.3) is 0 Å². The quantitative estimate of drug-likeness (QED) is 0.814. The Balaban J connectivity index is 2.23. The molecular formula is C9H10N2OS. The van der Waals surface area contributed by atoms with Gasteiger partial charge in [-0.3, -0.25) is 0 Å². The first-order valence-electron chi connectivity index (χ1n) is 3.97. The van der Waals surface area contributed by atoms with Crippen LogP contribution in [0.3, 0.4) is 0 Å². The molecule has 0 unspecified atom stereocenters. The number of rotatable bonds is 3. The number of aromatic amines is 1. The van der Waals surface area contributed by atoms with Gasteiger partial charge in [0.05, 0.1) is 18.0 Å². The summed E-state index contributed by atoms with van der Waals surface area (Å²) in [5.41, 5.74) is 2.05. The minimum atomic E-state index is 0.581. The zero-order valence-electron chi connectivity index (χ0n) is 7.28. The summed E-state index contributed by atoms with van der Waals surface area (Å²) in [6.45, 7) is 0.581. The highest BCUT2D eigenvalue weighted by molar-refractivity contribution is 7.13. The molecule has 0 spiro atoms. The smallest absolute Gasteiger partial charge is 0.140 e. The van der Waals surface area contributed by atoms with Crippen molar-refractivity contribution >= 4 is 11.3 Å². The van der Waals surface area contributed by atoms with Gasteiger partial charge >= 0.3 is 0 Å². The number of nitrogens with zero attached hydrogens (tertiary/aromatic N) is 1. The van der Waals surface area contributed by atoms with E-state index in [0.717, 1.165) is 16.4 Å². The molecule has 0 atom stereocenters. The van der Waals surface area contributed by atoms with Gasteiger partial charge in [-0.05, 0) is 12.1 Å². The average molecular weight is 194 g/mol. The van der Waals surface area contributed by atoms with Crippen LogP contribution in [0.15, 0.2) is 23.7 Å². The Bertz CT molecular complexity index is 367. The van der Waals surface area contributed by atoms with E-state index in [1.54, 1.807) is 18.4 Å². The molecular weight excluding hydrogens is 184 g/mol. The Labute approximate surface area is 80.4 Å². The second kappa shape index (κ2) is 3.72. The van der Waals surface area contributed by atoms with E-state index in [-0.39, 0.29) is 0 Å². The Morgan fingerprint density at radius 2 is 2.54 bits per heavy atom. The molecule has 0 aromatic carbocycles. The van der Waals surface area contributed by atoms with Gasteiger partial charge in [0.15, 0.2) is 0 Å². The average Bonchev–Trinajstić information content (AvgIpc) is 2.70. The van der Waals surface area contributed by atoms with E-state index >= 15 is 0 Å². The van der Waals surface area contributed by atoms with Crippen molar-refractivity contribution in [2.24, 2.45) is 0 Å². The summed E-state index contributed by atoms with van der Waals surface area (Å²) in [6, 6.07) is 3.97. The number of thiazole rings is 1. The Morgan fingerprint density at radius 1 is 1.62 bits per heavy atom. The maximum atomic E-state index is 4.99. The zero-order valence-corrected chi connectivity index (χ0v) is 8.10. The number of aromatic nitrogens is 2. The summed E-state index contributed by atoms with van der Waals surface area (Å²) in [5.74, 6) is 0. The van der Waals surface area contributed by atoms with E-state index in [0.29, 0.717) is 6.61 Å². The normalized spacial score (nSPS) is 10.5. The molecule has 0 aliphatic carbocycles. The summed E-state index contributed by atoms with van der Waals surface area (Å²) in [5, 5.41) is 3.02. The molecule has 0 saturated heterocycles. The number of hydrogen-bond acceptors (Lipinski definition) is 3. The molecule has 1 N–H and O–H groups in total. The predicted molar refractivity (Wildman–Crippen MR) is 52.6 cm³/mol. The van der Waals surface area contributed by atoms with Crippen LogP contribution in [-0.4, -0.2) is 17.1 Å². The highest BCUT2D eigenvalue weighted by Crippen LogP contribution is 2.21. The number of nitrogens with one attached hydrogen (secondary N) is 1. The van der Waals surface area contributed by atoms with Crippen LogP contribution in [0.25, 0.3) is 10.7 Å². The molecule has 2 heterocycles. The van der Waals surface area contributed by atoms with E-state index in [1.807, 2.05) is 23.7 Å². The fourth-order valence-corrected chi connectivity index (χ4v) is 1.90. The van der Waals surface area contributed by atoms with Gasteiger partial charge in [-0.25, -0.2) is 4.98 Å². The second-order valence-corrected chi connectivity index (χ2v) is 3.52. The van der Waals surface area contributed by atoms with Crippen molar-refractivity contribution in [3.63, 3.8) is 0 Å². The van der Waals surface area contributed by atoms with E-state index in [2.05, 4.69) is 9.97 Å². The maximum absolute atomic E-state index is 4.99. The molecule has 2 rings (SSSR count). The van der Waals surface area contributed by atoms with Crippen LogP contribution in [-0.2, 0) is 11.3 Å². The lowest BCUT2D eigenvalue weighted by atomic mass is 10.4. The topological polar surface area (TPSA) is 37.9 Å². The molecule has 0 radical (unpaired) electrons. The monoisotopic (exact) mass is 194 g/mol. The molecule has 0 saturated carbocycles. The van der Waals surface area contributed by atoms with Crippen molar-refractivity contribution in [1.82, 2.24) is 9.97 Å². The highest BCUT2D eigenvalue weighted by Gasteiger charge is 2.03. The molecule has 2 aromatic heterocycles. The summed E-state index contributed by atoms with van der Waals surface area (Å²) in [7, 11) is 1.67. The van der Waals surface area contributed by atoms with Crippen LogP contribution in [0.2, 0.25) is 0 Å². The minimum absolute atomic E-state index is 0.581. The van der Waals surface area contributed by atoms with Crippen LogP contribution in [0.1, 0.15) is 5.69 Å². The summed E-state index contributed by atoms with van der Waals surface area (Å²) >= 11 is 1.62. The second-order valence-electron chi connectivity index (χ2n) is 2.66. The molecule has 0 bridgehead atoms. The van der Waals surface area contributed by atoms with Gasteiger partial charge in [-0.1, -0.05) is 0 Å². The van der Waals surface area contributed by atoms with E-state index in [9.17, 15) is 0 Å². The SMILES string of the molecule is COCc1csc(-c2ccc[nH]2)n1. The van der Waals surface area contributed by atoms with E-state index in [4.69, 9.17) is 4.74 Å². The van der Waals surface area contributed by atoms with Crippen molar-refractivity contribution in [2.75, 3.05) is 7.11 Å². The van der Waals surface area contributed by atoms with Gasteiger partial charge in [0, 0.05) is 18.7 Å². The van der Waals surface area contributed by atoms with Crippen molar-refractivity contribution in [3.8, 4) is 10.7 Å². The first-order valence-corrected chi connectivity index (χ1v) is 4.85. The number of hydrogen-bond donors (Lipinski definition) is 1. The van der Waals surface area contributed by atoms with E-state index in [1.165, 1.54) is 0 Å². The van der Waals surface area contributed by atoms with Crippen molar-refractivity contribution in [1.29, 1.82) is 0 Å². The predicted octanol–water partition coefficient (Wildman–Crippen LogP) is 2.28. The molecule has 4 heteroatoms. The first kappa shape index (κ1) is 8.47. The lowest BCUT2D eigenvalue weighted by Gasteiger charge is -1.91. The largest absolute Gasteiger partial charge is 0.378 e. The first-order chi connectivity index (χ1) is 6.40. The molecule has 0 aliphatic heterocycles. The number of methoxy groups -OCH3 is 1. The lowest BCUT2D eigenvalue weighted by molar-refractivity contribution is 0.182. The number of H-pyrrole nitrogens is 1. The molecule has 68 valence electrons. The third-order valence-electron chi connectivity index (χ3n) is 1.67. The van der Waals surface area contributed by atoms with E-state index < -0.39 is 0 Å². The molecule has 0 amide bonds.